The van der Waals surface area contributed by atoms with Crippen LogP contribution in [0.15, 0.2) is 30.5 Å². The van der Waals surface area contributed by atoms with Gasteiger partial charge in [-0.15, -0.1) is 0 Å². The summed E-state index contributed by atoms with van der Waals surface area (Å²) in [6.07, 6.45) is 1.13. The third-order valence-corrected chi connectivity index (χ3v) is 3.44. The Hall–Kier alpha value is -1.70. The molecule has 2 rings (SSSR count). The van der Waals surface area contributed by atoms with Crippen molar-refractivity contribution >= 4 is 34.2 Å². The standard InChI is InChI=1S/C13H10FIN2O2/c1-19-13(18)9-4-10(15)8(5-11(9)16)12-3-2-7(14)6-17-12/h2-6H,16H2,1H3. The molecule has 0 radical (unpaired) electrons. The first-order chi connectivity index (χ1) is 9.02. The Morgan fingerprint density at radius 3 is 2.74 bits per heavy atom. The van der Waals surface area contributed by atoms with Crippen molar-refractivity contribution in [3.8, 4) is 11.3 Å². The van der Waals surface area contributed by atoms with E-state index in [-0.39, 0.29) is 0 Å². The van der Waals surface area contributed by atoms with Crippen molar-refractivity contribution in [2.24, 2.45) is 0 Å². The van der Waals surface area contributed by atoms with Crippen molar-refractivity contribution in [1.29, 1.82) is 0 Å². The van der Waals surface area contributed by atoms with Crippen LogP contribution in [0.4, 0.5) is 10.1 Å². The van der Waals surface area contributed by atoms with Gasteiger partial charge in [0.2, 0.25) is 0 Å². The first-order valence-electron chi connectivity index (χ1n) is 5.32. The van der Waals surface area contributed by atoms with Gasteiger partial charge in [0.25, 0.3) is 0 Å². The summed E-state index contributed by atoms with van der Waals surface area (Å²) in [5.41, 5.74) is 7.76. The van der Waals surface area contributed by atoms with E-state index in [2.05, 4.69) is 32.3 Å². The van der Waals surface area contributed by atoms with E-state index in [1.54, 1.807) is 18.2 Å². The van der Waals surface area contributed by atoms with Crippen LogP contribution in [0.2, 0.25) is 0 Å². The number of aromatic nitrogens is 1. The monoisotopic (exact) mass is 372 g/mol. The number of halogens is 2. The number of esters is 1. The van der Waals surface area contributed by atoms with E-state index in [0.29, 0.717) is 16.9 Å². The molecule has 6 heteroatoms. The Balaban J connectivity index is 2.52. The maximum Gasteiger partial charge on any atom is 0.339 e. The van der Waals surface area contributed by atoms with Crippen LogP contribution >= 0.6 is 22.6 Å². The molecule has 0 fully saturated rings. The van der Waals surface area contributed by atoms with Gasteiger partial charge in [-0.2, -0.15) is 0 Å². The minimum atomic E-state index is -0.492. The van der Waals surface area contributed by atoms with E-state index in [1.165, 1.54) is 13.2 Å². The number of ether oxygens (including phenoxy) is 1. The summed E-state index contributed by atoms with van der Waals surface area (Å²) in [5, 5.41) is 0. The normalized spacial score (nSPS) is 10.3. The number of hydrogen-bond donors (Lipinski definition) is 1. The molecule has 0 aliphatic rings. The van der Waals surface area contributed by atoms with Crippen LogP contribution in [-0.4, -0.2) is 18.1 Å². The molecule has 4 nitrogen and oxygen atoms in total. The number of methoxy groups -OCH3 is 1. The summed E-state index contributed by atoms with van der Waals surface area (Å²) >= 11 is 2.07. The van der Waals surface area contributed by atoms with E-state index in [1.807, 2.05) is 0 Å². The Morgan fingerprint density at radius 2 is 2.16 bits per heavy atom. The molecular weight excluding hydrogens is 362 g/mol. The minimum absolute atomic E-state index is 0.299. The second-order valence-electron chi connectivity index (χ2n) is 3.77. The zero-order chi connectivity index (χ0) is 14.0. The maximum atomic E-state index is 12.8. The van der Waals surface area contributed by atoms with Gasteiger partial charge in [0.15, 0.2) is 0 Å². The molecule has 1 aromatic heterocycles. The van der Waals surface area contributed by atoms with Crippen LogP contribution in [0, 0.1) is 9.39 Å². The SMILES string of the molecule is COC(=O)c1cc(I)c(-c2ccc(F)cn2)cc1N. The minimum Gasteiger partial charge on any atom is -0.465 e. The fourth-order valence-corrected chi connectivity index (χ4v) is 2.35. The van der Waals surface area contributed by atoms with Crippen LogP contribution in [-0.2, 0) is 4.74 Å². The fraction of sp³-hybridized carbons (Fsp3) is 0.0769. The van der Waals surface area contributed by atoms with Gasteiger partial charge in [-0.25, -0.2) is 9.18 Å². The number of carbonyl (C=O) groups is 1. The number of hydrogen-bond acceptors (Lipinski definition) is 4. The van der Waals surface area contributed by atoms with Crippen LogP contribution in [0.25, 0.3) is 11.3 Å². The van der Waals surface area contributed by atoms with Gasteiger partial charge in [-0.3, -0.25) is 4.98 Å². The topological polar surface area (TPSA) is 65.2 Å². The van der Waals surface area contributed by atoms with Crippen molar-refractivity contribution in [3.05, 3.63) is 45.4 Å². The average molecular weight is 372 g/mol. The maximum absolute atomic E-state index is 12.8. The molecule has 0 saturated carbocycles. The smallest absolute Gasteiger partial charge is 0.339 e. The molecule has 1 heterocycles. The van der Waals surface area contributed by atoms with Crippen LogP contribution in [0.3, 0.4) is 0 Å². The molecule has 0 unspecified atom stereocenters. The summed E-state index contributed by atoms with van der Waals surface area (Å²) in [6.45, 7) is 0. The van der Waals surface area contributed by atoms with E-state index in [9.17, 15) is 9.18 Å². The average Bonchev–Trinajstić information content (AvgIpc) is 2.41. The van der Waals surface area contributed by atoms with Crippen molar-refractivity contribution in [1.82, 2.24) is 4.98 Å². The molecule has 0 saturated heterocycles. The highest BCUT2D eigenvalue weighted by atomic mass is 127. The number of nitrogen functional groups attached to an aromatic ring is 1. The highest BCUT2D eigenvalue weighted by molar-refractivity contribution is 14.1. The molecule has 19 heavy (non-hydrogen) atoms. The summed E-state index contributed by atoms with van der Waals surface area (Å²) in [4.78, 5) is 15.5. The van der Waals surface area contributed by atoms with Gasteiger partial charge < -0.3 is 10.5 Å². The highest BCUT2D eigenvalue weighted by Gasteiger charge is 2.14. The van der Waals surface area contributed by atoms with E-state index in [0.717, 1.165) is 15.3 Å². The third kappa shape index (κ3) is 2.83. The molecule has 0 spiro atoms. The largest absolute Gasteiger partial charge is 0.465 e. The van der Waals surface area contributed by atoms with Crippen LogP contribution < -0.4 is 5.73 Å². The van der Waals surface area contributed by atoms with Gasteiger partial charge >= 0.3 is 5.97 Å². The number of pyridine rings is 1. The van der Waals surface area contributed by atoms with E-state index in [4.69, 9.17) is 5.73 Å². The van der Waals surface area contributed by atoms with Crippen molar-refractivity contribution in [2.45, 2.75) is 0 Å². The lowest BCUT2D eigenvalue weighted by Gasteiger charge is -2.09. The number of nitrogens with two attached hydrogens (primary N) is 1. The molecule has 2 N–H and O–H groups in total. The molecule has 0 amide bonds. The molecule has 1 aromatic carbocycles. The number of benzene rings is 1. The number of carbonyl (C=O) groups excluding carboxylic acids is 1. The summed E-state index contributed by atoms with van der Waals surface area (Å²) in [7, 11) is 1.30. The first kappa shape index (κ1) is 13.7. The quantitative estimate of drug-likeness (QED) is 0.500. The van der Waals surface area contributed by atoms with Gasteiger partial charge in [-0.1, -0.05) is 0 Å². The zero-order valence-corrected chi connectivity index (χ0v) is 12.1. The Labute approximate surface area is 122 Å². The molecule has 0 aliphatic heterocycles. The predicted octanol–water partition coefficient (Wildman–Crippen LogP) is 2.86. The number of nitrogens with zero attached hydrogens (tertiary/aromatic N) is 1. The Morgan fingerprint density at radius 1 is 1.42 bits per heavy atom. The lowest BCUT2D eigenvalue weighted by molar-refractivity contribution is 0.0602. The van der Waals surface area contributed by atoms with E-state index < -0.39 is 11.8 Å². The van der Waals surface area contributed by atoms with E-state index >= 15 is 0 Å². The van der Waals surface area contributed by atoms with Crippen LogP contribution in [0.1, 0.15) is 10.4 Å². The second-order valence-corrected chi connectivity index (χ2v) is 4.93. The molecule has 0 aliphatic carbocycles. The molecule has 0 atom stereocenters. The second kappa shape index (κ2) is 5.52. The van der Waals surface area contributed by atoms with Crippen LogP contribution in [0.5, 0.6) is 0 Å². The summed E-state index contributed by atoms with van der Waals surface area (Å²) in [6, 6.07) is 6.14. The number of rotatable bonds is 2. The predicted molar refractivity (Wildman–Crippen MR) is 78.1 cm³/mol. The fourth-order valence-electron chi connectivity index (χ4n) is 1.61. The van der Waals surface area contributed by atoms with Crippen molar-refractivity contribution < 1.29 is 13.9 Å². The Bertz CT molecular complexity index is 629. The summed E-state index contributed by atoms with van der Waals surface area (Å²) in [5.74, 6) is -0.896. The lowest BCUT2D eigenvalue weighted by Crippen LogP contribution is -2.06. The molecule has 2 aromatic rings. The third-order valence-electron chi connectivity index (χ3n) is 2.55. The van der Waals surface area contributed by atoms with Crippen molar-refractivity contribution in [3.63, 3.8) is 0 Å². The van der Waals surface area contributed by atoms with Gasteiger partial charge in [0, 0.05) is 14.8 Å². The van der Waals surface area contributed by atoms with Gasteiger partial charge in [0.1, 0.15) is 5.82 Å². The zero-order valence-electron chi connectivity index (χ0n) is 9.98. The summed E-state index contributed by atoms with van der Waals surface area (Å²) < 4.78 is 18.3. The van der Waals surface area contributed by atoms with Gasteiger partial charge in [0.05, 0.1) is 24.6 Å². The lowest BCUT2D eigenvalue weighted by atomic mass is 10.1. The highest BCUT2D eigenvalue weighted by Crippen LogP contribution is 2.28. The molecule has 98 valence electrons. The Kier molecular flexibility index (Phi) is 3.98. The van der Waals surface area contributed by atoms with Crippen molar-refractivity contribution in [2.75, 3.05) is 12.8 Å². The van der Waals surface area contributed by atoms with Gasteiger partial charge in [-0.05, 0) is 46.9 Å². The molecular formula is C13H10FIN2O2. The molecule has 0 bridgehead atoms. The number of anilines is 1. The first-order valence-corrected chi connectivity index (χ1v) is 6.40.